The molecular weight excluding hydrogens is 370 g/mol. The Kier molecular flexibility index (Phi) is 4.82. The highest BCUT2D eigenvalue weighted by atomic mass is 32.1. The standard InChI is InChI=1S/C17H17N5O4S/c23-13(20-17-22-21-16(27-17)12-6-3-7-26-12)8-11-15(25)18-10-5-2-1-4-9(10)14(24)19-11/h1-2,4-5,11-12H,3,6-8H2,(H,18,25)(H,19,24)(H,20,22,23)/t11-,12?/m0/s1. The number of aromatic nitrogens is 2. The van der Waals surface area contributed by atoms with Gasteiger partial charge in [0.15, 0.2) is 0 Å². The quantitative estimate of drug-likeness (QED) is 0.730. The summed E-state index contributed by atoms with van der Waals surface area (Å²) in [5.74, 6) is -1.28. The van der Waals surface area contributed by atoms with Crippen LogP contribution in [0.4, 0.5) is 10.8 Å². The second-order valence-corrected chi connectivity index (χ2v) is 7.27. The fourth-order valence-electron chi connectivity index (χ4n) is 3.00. The van der Waals surface area contributed by atoms with Crippen LogP contribution < -0.4 is 16.0 Å². The molecule has 9 nitrogen and oxygen atoms in total. The molecule has 2 atom stereocenters. The second-order valence-electron chi connectivity index (χ2n) is 6.26. The fraction of sp³-hybridized carbons (Fsp3) is 0.353. The Morgan fingerprint density at radius 2 is 2.15 bits per heavy atom. The molecule has 0 aliphatic carbocycles. The summed E-state index contributed by atoms with van der Waals surface area (Å²) in [6.45, 7) is 0.699. The van der Waals surface area contributed by atoms with Crippen LogP contribution in [0.15, 0.2) is 24.3 Å². The summed E-state index contributed by atoms with van der Waals surface area (Å²) in [5, 5.41) is 16.9. The number of hydrogen-bond acceptors (Lipinski definition) is 7. The monoisotopic (exact) mass is 387 g/mol. The highest BCUT2D eigenvalue weighted by Crippen LogP contribution is 2.32. The van der Waals surface area contributed by atoms with E-state index in [9.17, 15) is 14.4 Å². The number of nitrogens with one attached hydrogen (secondary N) is 3. The van der Waals surface area contributed by atoms with Crippen molar-refractivity contribution in [2.24, 2.45) is 0 Å². The van der Waals surface area contributed by atoms with Gasteiger partial charge in [0.1, 0.15) is 17.2 Å². The fourth-order valence-corrected chi connectivity index (χ4v) is 3.84. The molecule has 4 rings (SSSR count). The molecule has 1 aromatic carbocycles. The minimum absolute atomic E-state index is 0.0708. The summed E-state index contributed by atoms with van der Waals surface area (Å²) in [7, 11) is 0. The van der Waals surface area contributed by atoms with Crippen molar-refractivity contribution in [2.45, 2.75) is 31.4 Å². The third-order valence-electron chi connectivity index (χ3n) is 4.33. The van der Waals surface area contributed by atoms with E-state index in [4.69, 9.17) is 4.74 Å². The van der Waals surface area contributed by atoms with Crippen LogP contribution in [0, 0.1) is 0 Å². The smallest absolute Gasteiger partial charge is 0.254 e. The topological polar surface area (TPSA) is 122 Å². The Morgan fingerprint density at radius 3 is 2.96 bits per heavy atom. The van der Waals surface area contributed by atoms with Crippen LogP contribution in [-0.4, -0.2) is 40.6 Å². The van der Waals surface area contributed by atoms with E-state index in [2.05, 4.69) is 26.1 Å². The number of nitrogens with zero attached hydrogens (tertiary/aromatic N) is 2. The molecule has 1 aromatic heterocycles. The summed E-state index contributed by atoms with van der Waals surface area (Å²) in [6, 6.07) is 5.71. The maximum Gasteiger partial charge on any atom is 0.254 e. The largest absolute Gasteiger partial charge is 0.371 e. The lowest BCUT2D eigenvalue weighted by molar-refractivity contribution is -0.122. The number of hydrogen-bond donors (Lipinski definition) is 3. The van der Waals surface area contributed by atoms with Crippen molar-refractivity contribution in [3.8, 4) is 0 Å². The van der Waals surface area contributed by atoms with Gasteiger partial charge in [-0.05, 0) is 25.0 Å². The molecule has 140 valence electrons. The van der Waals surface area contributed by atoms with Gasteiger partial charge in [-0.25, -0.2) is 0 Å². The van der Waals surface area contributed by atoms with Gasteiger partial charge in [0.25, 0.3) is 5.91 Å². The van der Waals surface area contributed by atoms with Crippen LogP contribution in [0.3, 0.4) is 0 Å². The van der Waals surface area contributed by atoms with E-state index >= 15 is 0 Å². The number of carbonyl (C=O) groups excluding carboxylic acids is 3. The molecule has 0 spiro atoms. The summed E-state index contributed by atoms with van der Waals surface area (Å²) in [6.07, 6.45) is 1.58. The van der Waals surface area contributed by atoms with E-state index in [-0.39, 0.29) is 12.5 Å². The summed E-state index contributed by atoms with van der Waals surface area (Å²) in [5.41, 5.74) is 0.785. The molecule has 0 radical (unpaired) electrons. The molecule has 3 N–H and O–H groups in total. The molecule has 3 heterocycles. The van der Waals surface area contributed by atoms with Crippen molar-refractivity contribution in [3.63, 3.8) is 0 Å². The van der Waals surface area contributed by atoms with Crippen molar-refractivity contribution >= 4 is 39.9 Å². The zero-order valence-electron chi connectivity index (χ0n) is 14.2. The third-order valence-corrected chi connectivity index (χ3v) is 5.26. The lowest BCUT2D eigenvalue weighted by Gasteiger charge is -2.13. The van der Waals surface area contributed by atoms with Gasteiger partial charge in [0.05, 0.1) is 17.7 Å². The van der Waals surface area contributed by atoms with Gasteiger partial charge in [-0.1, -0.05) is 23.5 Å². The van der Waals surface area contributed by atoms with Gasteiger partial charge in [0, 0.05) is 6.61 Å². The molecule has 27 heavy (non-hydrogen) atoms. The molecule has 2 aromatic rings. The van der Waals surface area contributed by atoms with E-state index in [1.54, 1.807) is 24.3 Å². The molecule has 2 aliphatic rings. The maximum absolute atomic E-state index is 12.3. The molecule has 1 saturated heterocycles. The first kappa shape index (κ1) is 17.6. The highest BCUT2D eigenvalue weighted by molar-refractivity contribution is 7.15. The first-order valence-corrected chi connectivity index (χ1v) is 9.37. The molecule has 1 fully saturated rings. The van der Waals surface area contributed by atoms with Gasteiger partial charge < -0.3 is 20.7 Å². The highest BCUT2D eigenvalue weighted by Gasteiger charge is 2.30. The minimum Gasteiger partial charge on any atom is -0.371 e. The van der Waals surface area contributed by atoms with E-state index in [0.717, 1.165) is 17.8 Å². The van der Waals surface area contributed by atoms with Crippen molar-refractivity contribution in [1.82, 2.24) is 15.5 Å². The Balaban J connectivity index is 1.39. The third kappa shape index (κ3) is 3.81. The van der Waals surface area contributed by atoms with Crippen LogP contribution >= 0.6 is 11.3 Å². The SMILES string of the molecule is O=C(C[C@@H]1NC(=O)c2ccccc2NC1=O)Nc1nnc(C2CCCO2)s1. The minimum atomic E-state index is -0.976. The van der Waals surface area contributed by atoms with E-state index in [1.165, 1.54) is 11.3 Å². The van der Waals surface area contributed by atoms with Crippen molar-refractivity contribution in [2.75, 3.05) is 17.2 Å². The van der Waals surface area contributed by atoms with Crippen LogP contribution in [0.1, 0.15) is 40.7 Å². The zero-order chi connectivity index (χ0) is 18.8. The molecule has 10 heteroatoms. The van der Waals surface area contributed by atoms with Gasteiger partial charge >= 0.3 is 0 Å². The Morgan fingerprint density at radius 1 is 1.30 bits per heavy atom. The molecule has 3 amide bonds. The number of ether oxygens (including phenoxy) is 1. The number of carbonyl (C=O) groups is 3. The number of benzene rings is 1. The van der Waals surface area contributed by atoms with Crippen LogP contribution in [0.5, 0.6) is 0 Å². The van der Waals surface area contributed by atoms with Gasteiger partial charge in [-0.15, -0.1) is 10.2 Å². The van der Waals surface area contributed by atoms with Crippen molar-refractivity contribution in [1.29, 1.82) is 0 Å². The first-order valence-electron chi connectivity index (χ1n) is 8.56. The molecule has 1 unspecified atom stereocenters. The molecular formula is C17H17N5O4S. The average molecular weight is 387 g/mol. The van der Waals surface area contributed by atoms with Gasteiger partial charge in [0.2, 0.25) is 16.9 Å². The second kappa shape index (κ2) is 7.41. The lowest BCUT2D eigenvalue weighted by atomic mass is 10.1. The van der Waals surface area contributed by atoms with Crippen molar-refractivity contribution in [3.05, 3.63) is 34.8 Å². The predicted octanol–water partition coefficient (Wildman–Crippen LogP) is 1.47. The molecule has 0 bridgehead atoms. The van der Waals surface area contributed by atoms with Crippen molar-refractivity contribution < 1.29 is 19.1 Å². The lowest BCUT2D eigenvalue weighted by Crippen LogP contribution is -2.43. The Bertz CT molecular complexity index is 893. The normalized spacial score (nSPS) is 21.8. The first-order chi connectivity index (χ1) is 13.1. The van der Waals surface area contributed by atoms with Gasteiger partial charge in [-0.3, -0.25) is 14.4 Å². The van der Waals surface area contributed by atoms with Gasteiger partial charge in [-0.2, -0.15) is 0 Å². The number of rotatable bonds is 4. The average Bonchev–Trinajstić information content (AvgIpc) is 3.31. The zero-order valence-corrected chi connectivity index (χ0v) is 15.0. The van der Waals surface area contributed by atoms with E-state index in [1.807, 2.05) is 0 Å². The molecule has 0 saturated carbocycles. The predicted molar refractivity (Wildman–Crippen MR) is 97.4 cm³/mol. The Labute approximate surface area is 158 Å². The van der Waals surface area contributed by atoms with E-state index < -0.39 is 23.8 Å². The van der Waals surface area contributed by atoms with Crippen LogP contribution in [-0.2, 0) is 14.3 Å². The Hall–Kier alpha value is -2.85. The number of fused-ring (bicyclic) bond motifs is 1. The maximum atomic E-state index is 12.3. The summed E-state index contributed by atoms with van der Waals surface area (Å²) >= 11 is 1.25. The van der Waals surface area contributed by atoms with Crippen LogP contribution in [0.25, 0.3) is 0 Å². The molecule has 2 aliphatic heterocycles. The number of para-hydroxylation sites is 1. The van der Waals surface area contributed by atoms with Crippen LogP contribution in [0.2, 0.25) is 0 Å². The van der Waals surface area contributed by atoms with E-state index in [0.29, 0.717) is 23.0 Å². The summed E-state index contributed by atoms with van der Waals surface area (Å²) < 4.78 is 5.54. The summed E-state index contributed by atoms with van der Waals surface area (Å²) in [4.78, 5) is 36.9. The number of anilines is 2. The number of amides is 3.